The lowest BCUT2D eigenvalue weighted by Gasteiger charge is -2.18. The van der Waals surface area contributed by atoms with E-state index in [2.05, 4.69) is 0 Å². The zero-order valence-corrected chi connectivity index (χ0v) is 11.8. The summed E-state index contributed by atoms with van der Waals surface area (Å²) in [6, 6.07) is 0. The highest BCUT2D eigenvalue weighted by Gasteiger charge is 2.25. The van der Waals surface area contributed by atoms with Crippen LogP contribution in [0.3, 0.4) is 0 Å². The molecular formula is C11H21O5P. The van der Waals surface area contributed by atoms with Gasteiger partial charge in [-0.15, -0.1) is 0 Å². The number of rotatable bonds is 8. The third-order valence-corrected chi connectivity index (χ3v) is 4.37. The molecule has 0 aliphatic rings. The Labute approximate surface area is 102 Å². The Morgan fingerprint density at radius 3 is 1.94 bits per heavy atom. The minimum atomic E-state index is -3.20. The summed E-state index contributed by atoms with van der Waals surface area (Å²) in [5.41, 5.74) is 0.815. The third kappa shape index (κ3) is 5.48. The first-order valence-corrected chi connectivity index (χ1v) is 7.43. The van der Waals surface area contributed by atoms with Gasteiger partial charge in [0, 0.05) is 5.57 Å². The zero-order chi connectivity index (χ0) is 13.5. The molecule has 0 bridgehead atoms. The summed E-state index contributed by atoms with van der Waals surface area (Å²) >= 11 is 0. The van der Waals surface area contributed by atoms with Crippen LogP contribution in [0.25, 0.3) is 0 Å². The zero-order valence-electron chi connectivity index (χ0n) is 10.9. The lowest BCUT2D eigenvalue weighted by molar-refractivity contribution is -0.132. The van der Waals surface area contributed by atoms with E-state index in [1.54, 1.807) is 27.7 Å². The molecule has 100 valence electrons. The number of carboxylic acid groups (broad SMARTS) is 1. The fraction of sp³-hybridized carbons (Fsp3) is 0.727. The molecule has 0 aromatic carbocycles. The number of carbonyl (C=O) groups is 1. The van der Waals surface area contributed by atoms with Crippen molar-refractivity contribution in [3.8, 4) is 0 Å². The van der Waals surface area contributed by atoms with Crippen LogP contribution in [0, 0.1) is 0 Å². The fourth-order valence-electron chi connectivity index (χ4n) is 1.54. The van der Waals surface area contributed by atoms with Gasteiger partial charge in [-0.3, -0.25) is 4.57 Å². The van der Waals surface area contributed by atoms with E-state index in [1.807, 2.05) is 0 Å². The second-order valence-corrected chi connectivity index (χ2v) is 5.58. The summed E-state index contributed by atoms with van der Waals surface area (Å²) in [5.74, 6) is -0.982. The van der Waals surface area contributed by atoms with Crippen molar-refractivity contribution < 1.29 is 23.5 Å². The smallest absolute Gasteiger partial charge is 0.334 e. The molecule has 0 aromatic heterocycles. The van der Waals surface area contributed by atoms with Gasteiger partial charge < -0.3 is 14.2 Å². The van der Waals surface area contributed by atoms with Gasteiger partial charge in [0.05, 0.1) is 19.4 Å². The first-order valence-electron chi connectivity index (χ1n) is 5.70. The molecule has 0 aliphatic heterocycles. The van der Waals surface area contributed by atoms with Gasteiger partial charge in [0.2, 0.25) is 0 Å². The summed E-state index contributed by atoms with van der Waals surface area (Å²) in [5, 5.41) is 8.97. The second kappa shape index (κ2) is 7.64. The lowest BCUT2D eigenvalue weighted by Crippen LogP contribution is -2.07. The number of hydrogen-bond acceptors (Lipinski definition) is 4. The van der Waals surface area contributed by atoms with Gasteiger partial charge >= 0.3 is 13.6 Å². The van der Waals surface area contributed by atoms with Crippen molar-refractivity contribution >= 4 is 13.6 Å². The normalized spacial score (nSPS) is 13.4. The van der Waals surface area contributed by atoms with Crippen LogP contribution >= 0.6 is 7.60 Å². The molecule has 0 amide bonds. The first-order chi connectivity index (χ1) is 7.90. The molecule has 5 nitrogen and oxygen atoms in total. The van der Waals surface area contributed by atoms with Gasteiger partial charge in [0.25, 0.3) is 0 Å². The highest BCUT2D eigenvalue weighted by molar-refractivity contribution is 7.54. The second-order valence-electron chi connectivity index (χ2n) is 3.52. The minimum absolute atomic E-state index is 0.0319. The SMILES string of the molecule is CCOP(=O)(C/C(C)=C(\CC)C(=O)O)OCC. The van der Waals surface area contributed by atoms with Crippen molar-refractivity contribution in [1.29, 1.82) is 0 Å². The van der Waals surface area contributed by atoms with Gasteiger partial charge in [-0.2, -0.15) is 0 Å². The van der Waals surface area contributed by atoms with Crippen LogP contribution in [0.4, 0.5) is 0 Å². The maximum absolute atomic E-state index is 12.2. The van der Waals surface area contributed by atoms with E-state index < -0.39 is 13.6 Å². The Morgan fingerprint density at radius 2 is 1.65 bits per heavy atom. The standard InChI is InChI=1S/C11H21O5P/c1-5-10(11(12)13)9(4)8-17(14,15-6-2)16-7-3/h5-8H2,1-4H3,(H,12,13)/b10-9+. The molecule has 0 saturated carbocycles. The average molecular weight is 264 g/mol. The van der Waals surface area contributed by atoms with Crippen molar-refractivity contribution in [2.75, 3.05) is 19.4 Å². The molecule has 0 saturated heterocycles. The average Bonchev–Trinajstić information content (AvgIpc) is 2.17. The molecule has 17 heavy (non-hydrogen) atoms. The molecule has 0 unspecified atom stereocenters. The van der Waals surface area contributed by atoms with Gasteiger partial charge in [0.15, 0.2) is 0 Å². The molecule has 0 radical (unpaired) electrons. The maximum Gasteiger partial charge on any atom is 0.334 e. The van der Waals surface area contributed by atoms with Crippen LogP contribution in [0.15, 0.2) is 11.1 Å². The van der Waals surface area contributed by atoms with Crippen LogP contribution in [-0.2, 0) is 18.4 Å². The quantitative estimate of drug-likeness (QED) is 0.538. The monoisotopic (exact) mass is 264 g/mol. The molecule has 0 aliphatic carbocycles. The first kappa shape index (κ1) is 16.4. The third-order valence-electron chi connectivity index (χ3n) is 2.21. The van der Waals surface area contributed by atoms with Crippen molar-refractivity contribution in [3.05, 3.63) is 11.1 Å². The maximum atomic E-state index is 12.2. The predicted octanol–water partition coefficient (Wildman–Crippen LogP) is 3.06. The summed E-state index contributed by atoms with van der Waals surface area (Å²) in [6.07, 6.45) is 0.420. The van der Waals surface area contributed by atoms with Gasteiger partial charge in [-0.1, -0.05) is 12.5 Å². The van der Waals surface area contributed by atoms with E-state index in [0.29, 0.717) is 12.0 Å². The molecule has 0 spiro atoms. The van der Waals surface area contributed by atoms with Crippen molar-refractivity contribution in [1.82, 2.24) is 0 Å². The molecule has 0 aromatic rings. The number of aliphatic carboxylic acids is 1. The largest absolute Gasteiger partial charge is 0.478 e. The Balaban J connectivity index is 4.99. The van der Waals surface area contributed by atoms with E-state index in [4.69, 9.17) is 14.2 Å². The number of allylic oxidation sites excluding steroid dienone is 1. The molecule has 0 heterocycles. The number of carboxylic acids is 1. The minimum Gasteiger partial charge on any atom is -0.478 e. The van der Waals surface area contributed by atoms with Crippen LogP contribution in [0.5, 0.6) is 0 Å². The van der Waals surface area contributed by atoms with Crippen molar-refractivity contribution in [2.24, 2.45) is 0 Å². The summed E-state index contributed by atoms with van der Waals surface area (Å²) in [6.45, 7) is 7.40. The van der Waals surface area contributed by atoms with Crippen LogP contribution in [0.1, 0.15) is 34.1 Å². The van der Waals surface area contributed by atoms with E-state index in [9.17, 15) is 9.36 Å². The highest BCUT2D eigenvalue weighted by atomic mass is 31.2. The summed E-state index contributed by atoms with van der Waals surface area (Å²) < 4.78 is 22.4. The number of hydrogen-bond donors (Lipinski definition) is 1. The topological polar surface area (TPSA) is 72.8 Å². The highest BCUT2D eigenvalue weighted by Crippen LogP contribution is 2.49. The summed E-state index contributed by atoms with van der Waals surface area (Å²) in [7, 11) is -3.20. The Morgan fingerprint density at radius 1 is 1.18 bits per heavy atom. The molecule has 0 atom stereocenters. The molecule has 6 heteroatoms. The van der Waals surface area contributed by atoms with Gasteiger partial charge in [-0.25, -0.2) is 4.79 Å². The van der Waals surface area contributed by atoms with Gasteiger partial charge in [0.1, 0.15) is 0 Å². The summed E-state index contributed by atoms with van der Waals surface area (Å²) in [4.78, 5) is 10.9. The predicted molar refractivity (Wildman–Crippen MR) is 66.4 cm³/mol. The van der Waals surface area contributed by atoms with E-state index in [1.165, 1.54) is 0 Å². The molecule has 0 rings (SSSR count). The molecular weight excluding hydrogens is 243 g/mol. The van der Waals surface area contributed by atoms with Crippen LogP contribution < -0.4 is 0 Å². The van der Waals surface area contributed by atoms with E-state index >= 15 is 0 Å². The fourth-order valence-corrected chi connectivity index (χ4v) is 3.36. The molecule has 1 N–H and O–H groups in total. The Kier molecular flexibility index (Phi) is 7.35. The van der Waals surface area contributed by atoms with Crippen molar-refractivity contribution in [2.45, 2.75) is 34.1 Å². The van der Waals surface area contributed by atoms with E-state index in [-0.39, 0.29) is 24.9 Å². The van der Waals surface area contributed by atoms with Gasteiger partial charge in [-0.05, 0) is 27.2 Å². The van der Waals surface area contributed by atoms with Crippen LogP contribution in [0.2, 0.25) is 0 Å². The Hall–Kier alpha value is -0.640. The molecule has 0 fully saturated rings. The van der Waals surface area contributed by atoms with Crippen LogP contribution in [-0.4, -0.2) is 30.5 Å². The van der Waals surface area contributed by atoms with Crippen molar-refractivity contribution in [3.63, 3.8) is 0 Å². The Bertz CT molecular complexity index is 325. The lowest BCUT2D eigenvalue weighted by atomic mass is 10.1. The van der Waals surface area contributed by atoms with E-state index in [0.717, 1.165) is 0 Å².